The van der Waals surface area contributed by atoms with E-state index in [-0.39, 0.29) is 29.8 Å². The normalized spacial score (nSPS) is 25.8. The van der Waals surface area contributed by atoms with Crippen molar-refractivity contribution in [2.45, 2.75) is 43.5 Å². The average molecular weight is 455 g/mol. The summed E-state index contributed by atoms with van der Waals surface area (Å²) in [5.74, 6) is 0.0142. The van der Waals surface area contributed by atoms with Gasteiger partial charge in [-0.25, -0.2) is 0 Å². The first-order valence-electron chi connectivity index (χ1n) is 10.7. The molecule has 1 N–H and O–H groups in total. The predicted molar refractivity (Wildman–Crippen MR) is 128 cm³/mol. The van der Waals surface area contributed by atoms with Gasteiger partial charge in [0.15, 0.2) is 0 Å². The Morgan fingerprint density at radius 2 is 1.87 bits per heavy atom. The summed E-state index contributed by atoms with van der Waals surface area (Å²) in [4.78, 5) is 28.5. The van der Waals surface area contributed by atoms with Crippen LogP contribution in [0.15, 0.2) is 59.5 Å². The van der Waals surface area contributed by atoms with Gasteiger partial charge < -0.3 is 10.2 Å². The lowest BCUT2D eigenvalue weighted by Crippen LogP contribution is -2.52. The number of rotatable bonds is 4. The summed E-state index contributed by atoms with van der Waals surface area (Å²) < 4.78 is 0. The molecule has 1 aliphatic heterocycles. The maximum absolute atomic E-state index is 13.0. The van der Waals surface area contributed by atoms with Crippen LogP contribution in [0.4, 0.5) is 0 Å². The molecular formula is C25H27ClN2O2S. The van der Waals surface area contributed by atoms with Gasteiger partial charge in [-0.1, -0.05) is 60.1 Å². The maximum atomic E-state index is 13.0. The van der Waals surface area contributed by atoms with E-state index in [1.165, 1.54) is 0 Å². The van der Waals surface area contributed by atoms with E-state index in [1.807, 2.05) is 79.5 Å². The zero-order chi connectivity index (χ0) is 22.0. The van der Waals surface area contributed by atoms with Gasteiger partial charge in [-0.15, -0.1) is 11.8 Å². The third-order valence-electron chi connectivity index (χ3n) is 6.28. The number of halogens is 1. The zero-order valence-electron chi connectivity index (χ0n) is 17.8. The van der Waals surface area contributed by atoms with Crippen molar-refractivity contribution < 1.29 is 9.59 Å². The van der Waals surface area contributed by atoms with Crippen molar-refractivity contribution in [3.8, 4) is 0 Å². The fourth-order valence-corrected chi connectivity index (χ4v) is 6.09. The Balaban J connectivity index is 1.43. The molecule has 1 saturated carbocycles. The molecule has 2 amide bonds. The van der Waals surface area contributed by atoms with Crippen molar-refractivity contribution in [2.75, 3.05) is 7.05 Å². The summed E-state index contributed by atoms with van der Waals surface area (Å²) >= 11 is 7.92. The molecule has 2 aromatic rings. The van der Waals surface area contributed by atoms with E-state index in [1.54, 1.807) is 11.8 Å². The largest absolute Gasteiger partial charge is 0.349 e. The number of hydrogen-bond acceptors (Lipinski definition) is 3. The maximum Gasteiger partial charge on any atom is 0.260 e. The molecule has 6 heteroatoms. The second-order valence-corrected chi connectivity index (χ2v) is 10.0. The lowest BCUT2D eigenvalue weighted by atomic mass is 9.83. The summed E-state index contributed by atoms with van der Waals surface area (Å²) in [6.45, 7) is 2.01. The predicted octanol–water partition coefficient (Wildman–Crippen LogP) is 5.30. The number of nitrogens with zero attached hydrogens (tertiary/aromatic N) is 1. The van der Waals surface area contributed by atoms with Crippen molar-refractivity contribution in [2.24, 2.45) is 5.92 Å². The van der Waals surface area contributed by atoms with Crippen LogP contribution in [-0.4, -0.2) is 35.1 Å². The first-order chi connectivity index (χ1) is 14.9. The van der Waals surface area contributed by atoms with Gasteiger partial charge in [-0.3, -0.25) is 9.59 Å². The molecule has 4 unspecified atom stereocenters. The Bertz CT molecular complexity index is 994. The highest BCUT2D eigenvalue weighted by Crippen LogP contribution is 2.43. The van der Waals surface area contributed by atoms with Crippen molar-refractivity contribution in [1.29, 1.82) is 0 Å². The molecule has 1 saturated heterocycles. The van der Waals surface area contributed by atoms with Crippen molar-refractivity contribution in [3.05, 3.63) is 75.7 Å². The second-order valence-electron chi connectivity index (χ2n) is 8.32. The molecule has 0 bridgehead atoms. The van der Waals surface area contributed by atoms with Crippen LogP contribution in [-0.2, 0) is 9.59 Å². The summed E-state index contributed by atoms with van der Waals surface area (Å²) in [5.41, 5.74) is 1.95. The van der Waals surface area contributed by atoms with Gasteiger partial charge in [0.05, 0.1) is 10.9 Å². The first-order valence-corrected chi connectivity index (χ1v) is 11.9. The Kier molecular flexibility index (Phi) is 6.73. The molecule has 4 atom stereocenters. The van der Waals surface area contributed by atoms with Gasteiger partial charge in [0.25, 0.3) is 5.91 Å². The molecule has 31 heavy (non-hydrogen) atoms. The fraction of sp³-hybridized carbons (Fsp3) is 0.360. The molecular weight excluding hydrogens is 428 g/mol. The van der Waals surface area contributed by atoms with Crippen LogP contribution >= 0.6 is 23.4 Å². The highest BCUT2D eigenvalue weighted by atomic mass is 35.5. The molecule has 4 rings (SSSR count). The Morgan fingerprint density at radius 3 is 2.61 bits per heavy atom. The zero-order valence-corrected chi connectivity index (χ0v) is 19.3. The topological polar surface area (TPSA) is 49.4 Å². The fourth-order valence-electron chi connectivity index (χ4n) is 4.43. The van der Waals surface area contributed by atoms with E-state index in [9.17, 15) is 9.59 Å². The summed E-state index contributed by atoms with van der Waals surface area (Å²) in [5, 5.41) is 4.10. The van der Waals surface area contributed by atoms with Crippen LogP contribution < -0.4 is 5.32 Å². The lowest BCUT2D eigenvalue weighted by molar-refractivity contribution is -0.132. The number of carbonyl (C=O) groups excluding carboxylic acids is 2. The van der Waals surface area contributed by atoms with Gasteiger partial charge in [0.1, 0.15) is 0 Å². The number of amides is 2. The van der Waals surface area contributed by atoms with E-state index in [4.69, 9.17) is 11.6 Å². The van der Waals surface area contributed by atoms with Gasteiger partial charge in [0.2, 0.25) is 5.91 Å². The van der Waals surface area contributed by atoms with E-state index in [0.29, 0.717) is 16.7 Å². The number of benzene rings is 2. The Morgan fingerprint density at radius 1 is 1.16 bits per heavy atom. The van der Waals surface area contributed by atoms with Crippen molar-refractivity contribution in [3.63, 3.8) is 0 Å². The molecule has 2 fully saturated rings. The number of thioether (sulfide) groups is 1. The van der Waals surface area contributed by atoms with Gasteiger partial charge in [-0.05, 0) is 49.5 Å². The molecule has 162 valence electrons. The number of carbonyl (C=O) groups is 2. The van der Waals surface area contributed by atoms with Crippen LogP contribution in [0.2, 0.25) is 5.02 Å². The van der Waals surface area contributed by atoms with Crippen LogP contribution in [0, 0.1) is 5.92 Å². The molecule has 2 aromatic carbocycles. The van der Waals surface area contributed by atoms with Crippen molar-refractivity contribution in [1.82, 2.24) is 10.2 Å². The molecule has 1 aliphatic carbocycles. The molecule has 0 spiro atoms. The lowest BCUT2D eigenvalue weighted by Gasteiger charge is -2.44. The molecule has 0 radical (unpaired) electrons. The van der Waals surface area contributed by atoms with Crippen LogP contribution in [0.5, 0.6) is 0 Å². The summed E-state index contributed by atoms with van der Waals surface area (Å²) in [6, 6.07) is 17.6. The quantitative estimate of drug-likeness (QED) is 0.637. The SMILES string of the molecule is CC(NC(=O)C1CCC2S/C(=C\c3ccccc3Cl)C(=O)N(C)C2C1)c1ccccc1. The summed E-state index contributed by atoms with van der Waals surface area (Å²) in [7, 11) is 1.85. The van der Waals surface area contributed by atoms with Crippen molar-refractivity contribution >= 4 is 41.3 Å². The minimum atomic E-state index is -0.0719. The van der Waals surface area contributed by atoms with Gasteiger partial charge in [0, 0.05) is 29.3 Å². The van der Waals surface area contributed by atoms with E-state index in [0.717, 1.165) is 28.9 Å². The standard InChI is InChI=1S/C25H27ClN2O2S/c1-16(17-8-4-3-5-9-17)27-24(29)19-12-13-22-21(14-19)28(2)25(30)23(31-22)15-18-10-6-7-11-20(18)26/h3-11,15-16,19,21-22H,12-14H2,1-2H3,(H,27,29)/b23-15-. The molecule has 4 nitrogen and oxygen atoms in total. The van der Waals surface area contributed by atoms with Crippen LogP contribution in [0.1, 0.15) is 43.4 Å². The highest BCUT2D eigenvalue weighted by Gasteiger charge is 2.43. The number of fused-ring (bicyclic) bond motifs is 1. The van der Waals surface area contributed by atoms with Crippen LogP contribution in [0.25, 0.3) is 6.08 Å². The molecule has 1 heterocycles. The Hall–Kier alpha value is -2.24. The smallest absolute Gasteiger partial charge is 0.260 e. The number of nitrogens with one attached hydrogen (secondary N) is 1. The van der Waals surface area contributed by atoms with E-state index in [2.05, 4.69) is 5.32 Å². The molecule has 2 aliphatic rings. The second kappa shape index (κ2) is 9.49. The van der Waals surface area contributed by atoms with E-state index < -0.39 is 0 Å². The van der Waals surface area contributed by atoms with Gasteiger partial charge >= 0.3 is 0 Å². The monoisotopic (exact) mass is 454 g/mol. The van der Waals surface area contributed by atoms with E-state index >= 15 is 0 Å². The minimum Gasteiger partial charge on any atom is -0.349 e. The summed E-state index contributed by atoms with van der Waals surface area (Å²) in [6.07, 6.45) is 4.34. The van der Waals surface area contributed by atoms with Gasteiger partial charge in [-0.2, -0.15) is 0 Å². The third-order valence-corrected chi connectivity index (χ3v) is 8.03. The Labute approximate surface area is 193 Å². The molecule has 0 aromatic heterocycles. The first kappa shape index (κ1) is 22.0. The number of hydrogen-bond donors (Lipinski definition) is 1. The van der Waals surface area contributed by atoms with Crippen LogP contribution in [0.3, 0.4) is 0 Å². The number of likely N-dealkylation sites (N-methyl/N-ethyl adjacent to an activating group) is 1. The third kappa shape index (κ3) is 4.83. The minimum absolute atomic E-state index is 0.00452. The highest BCUT2D eigenvalue weighted by molar-refractivity contribution is 8.04. The average Bonchev–Trinajstić information content (AvgIpc) is 2.79.